The number of carbonyl (C=O) groups is 2. The van der Waals surface area contributed by atoms with Gasteiger partial charge in [-0.2, -0.15) is 4.31 Å². The molecule has 0 spiro atoms. The average molecular weight is 492 g/mol. The molecule has 0 aliphatic carbocycles. The Kier molecular flexibility index (Phi) is 8.16. The van der Waals surface area contributed by atoms with Crippen LogP contribution in [0.1, 0.15) is 46.9 Å². The molecule has 3 rings (SSSR count). The van der Waals surface area contributed by atoms with Crippen molar-refractivity contribution in [3.63, 3.8) is 0 Å². The zero-order valence-electron chi connectivity index (χ0n) is 19.7. The van der Waals surface area contributed by atoms with Crippen molar-refractivity contribution in [3.8, 4) is 17.2 Å². The molecule has 2 aromatic rings. The second-order valence-corrected chi connectivity index (χ2v) is 9.75. The fraction of sp³-hybridized carbons (Fsp3) is 0.417. The van der Waals surface area contributed by atoms with Gasteiger partial charge in [0.25, 0.3) is 0 Å². The number of piperidine rings is 1. The van der Waals surface area contributed by atoms with Crippen LogP contribution in [0.3, 0.4) is 0 Å². The van der Waals surface area contributed by atoms with Crippen LogP contribution in [0.5, 0.6) is 17.2 Å². The number of hydrogen-bond acceptors (Lipinski definition) is 8. The number of benzene rings is 2. The van der Waals surface area contributed by atoms with E-state index in [1.807, 2.05) is 6.92 Å². The van der Waals surface area contributed by atoms with Crippen LogP contribution in [0.2, 0.25) is 0 Å². The molecule has 0 amide bonds. The highest BCUT2D eigenvalue weighted by Crippen LogP contribution is 2.32. The Balaban J connectivity index is 1.80. The SMILES string of the molecule is COc1ccc(C(=O)COC(=O)c2ccc(OC)c(S(=O)(=O)N3CCCCC3C)c2)c(OC)c1. The summed E-state index contributed by atoms with van der Waals surface area (Å²) < 4.78 is 48.9. The van der Waals surface area contributed by atoms with Crippen molar-refractivity contribution in [2.45, 2.75) is 37.1 Å². The topological polar surface area (TPSA) is 108 Å². The molecule has 9 nitrogen and oxygen atoms in total. The Hall–Kier alpha value is -3.11. The number of ether oxygens (including phenoxy) is 4. The molecule has 1 saturated heterocycles. The monoisotopic (exact) mass is 491 g/mol. The van der Waals surface area contributed by atoms with E-state index in [1.54, 1.807) is 12.1 Å². The van der Waals surface area contributed by atoms with Gasteiger partial charge in [0.1, 0.15) is 22.1 Å². The van der Waals surface area contributed by atoms with Gasteiger partial charge in [0.15, 0.2) is 6.61 Å². The lowest BCUT2D eigenvalue weighted by molar-refractivity contribution is 0.0473. The Bertz CT molecular complexity index is 1160. The molecule has 0 aromatic heterocycles. The number of sulfonamides is 1. The molecule has 0 saturated carbocycles. The standard InChI is InChI=1S/C24H29NO8S/c1-16-7-5-6-12-25(16)34(28,29)23-13-17(8-11-21(23)31-3)24(27)33-15-20(26)19-10-9-18(30-2)14-22(19)32-4/h8-11,13-14,16H,5-7,12,15H2,1-4H3. The van der Waals surface area contributed by atoms with Gasteiger partial charge in [0.2, 0.25) is 15.8 Å². The third-order valence-corrected chi connectivity index (χ3v) is 7.81. The van der Waals surface area contributed by atoms with Crippen LogP contribution in [0, 0.1) is 0 Å². The summed E-state index contributed by atoms with van der Waals surface area (Å²) in [7, 11) is 0.383. The Labute approximate surface area is 199 Å². The molecule has 10 heteroatoms. The number of ketones is 1. The number of esters is 1. The molecule has 34 heavy (non-hydrogen) atoms. The highest BCUT2D eigenvalue weighted by atomic mass is 32.2. The van der Waals surface area contributed by atoms with Crippen molar-refractivity contribution in [3.05, 3.63) is 47.5 Å². The minimum absolute atomic E-state index is 0.00136. The van der Waals surface area contributed by atoms with E-state index in [-0.39, 0.29) is 33.6 Å². The van der Waals surface area contributed by atoms with Gasteiger partial charge >= 0.3 is 5.97 Å². The molecule has 0 radical (unpaired) electrons. The van der Waals surface area contributed by atoms with Gasteiger partial charge in [-0.1, -0.05) is 6.42 Å². The smallest absolute Gasteiger partial charge is 0.338 e. The molecule has 1 heterocycles. The summed E-state index contributed by atoms with van der Waals surface area (Å²) in [5.41, 5.74) is 0.228. The summed E-state index contributed by atoms with van der Waals surface area (Å²) in [5, 5.41) is 0. The average Bonchev–Trinajstić information content (AvgIpc) is 2.86. The summed E-state index contributed by atoms with van der Waals surface area (Å²) in [6.45, 7) is 1.72. The number of nitrogens with zero attached hydrogens (tertiary/aromatic N) is 1. The number of rotatable bonds is 9. The van der Waals surface area contributed by atoms with Crippen molar-refractivity contribution < 1.29 is 37.0 Å². The first-order valence-electron chi connectivity index (χ1n) is 10.8. The van der Waals surface area contributed by atoms with Crippen LogP contribution in [-0.4, -0.2) is 65.0 Å². The molecule has 0 N–H and O–H groups in total. The lowest BCUT2D eigenvalue weighted by atomic mass is 10.1. The van der Waals surface area contributed by atoms with Gasteiger partial charge in [-0.3, -0.25) is 4.79 Å². The Morgan fingerprint density at radius 3 is 2.35 bits per heavy atom. The van der Waals surface area contributed by atoms with Crippen LogP contribution < -0.4 is 14.2 Å². The van der Waals surface area contributed by atoms with E-state index in [4.69, 9.17) is 18.9 Å². The molecule has 2 aromatic carbocycles. The molecule has 1 aliphatic rings. The molecule has 184 valence electrons. The van der Waals surface area contributed by atoms with Crippen molar-refractivity contribution in [2.24, 2.45) is 0 Å². The second-order valence-electron chi connectivity index (χ2n) is 7.89. The predicted octanol–water partition coefficient (Wildman–Crippen LogP) is 3.32. The van der Waals surface area contributed by atoms with Crippen molar-refractivity contribution in [1.29, 1.82) is 0 Å². The minimum atomic E-state index is -3.89. The van der Waals surface area contributed by atoms with Gasteiger partial charge in [-0.15, -0.1) is 0 Å². The molecule has 1 atom stereocenters. The zero-order valence-corrected chi connectivity index (χ0v) is 20.5. The summed E-state index contributed by atoms with van der Waals surface area (Å²) in [5.74, 6) is -0.370. The first kappa shape index (κ1) is 25.5. The van der Waals surface area contributed by atoms with E-state index < -0.39 is 28.4 Å². The lowest BCUT2D eigenvalue weighted by Crippen LogP contribution is -2.42. The first-order valence-corrected chi connectivity index (χ1v) is 12.3. The third-order valence-electron chi connectivity index (χ3n) is 5.77. The van der Waals surface area contributed by atoms with Crippen LogP contribution >= 0.6 is 0 Å². The van der Waals surface area contributed by atoms with Crippen molar-refractivity contribution >= 4 is 21.8 Å². The van der Waals surface area contributed by atoms with E-state index in [0.29, 0.717) is 12.3 Å². The number of carbonyl (C=O) groups excluding carboxylic acids is 2. The summed E-state index contributed by atoms with van der Waals surface area (Å²) in [6, 6.07) is 8.56. The van der Waals surface area contributed by atoms with E-state index in [9.17, 15) is 18.0 Å². The molecule has 1 unspecified atom stereocenters. The molecule has 1 fully saturated rings. The number of hydrogen-bond donors (Lipinski definition) is 0. The molecular formula is C24H29NO8S. The summed E-state index contributed by atoms with van der Waals surface area (Å²) >= 11 is 0. The van der Waals surface area contributed by atoms with E-state index in [0.717, 1.165) is 19.3 Å². The van der Waals surface area contributed by atoms with Gasteiger partial charge in [0.05, 0.1) is 32.5 Å². The van der Waals surface area contributed by atoms with Gasteiger partial charge in [-0.25, -0.2) is 13.2 Å². The number of methoxy groups -OCH3 is 3. The zero-order chi connectivity index (χ0) is 24.9. The highest BCUT2D eigenvalue weighted by molar-refractivity contribution is 7.89. The van der Waals surface area contributed by atoms with Gasteiger partial charge < -0.3 is 18.9 Å². The summed E-state index contributed by atoms with van der Waals surface area (Å²) in [4.78, 5) is 25.2. The fourth-order valence-corrected chi connectivity index (χ4v) is 5.76. The fourth-order valence-electron chi connectivity index (χ4n) is 3.88. The molecule has 1 aliphatic heterocycles. The normalized spacial score (nSPS) is 16.5. The van der Waals surface area contributed by atoms with Crippen LogP contribution in [0.4, 0.5) is 0 Å². The maximum Gasteiger partial charge on any atom is 0.338 e. The van der Waals surface area contributed by atoms with Crippen molar-refractivity contribution in [2.75, 3.05) is 34.5 Å². The highest BCUT2D eigenvalue weighted by Gasteiger charge is 2.33. The predicted molar refractivity (Wildman–Crippen MR) is 124 cm³/mol. The second kappa shape index (κ2) is 10.9. The van der Waals surface area contributed by atoms with E-state index in [2.05, 4.69) is 0 Å². The van der Waals surface area contributed by atoms with E-state index >= 15 is 0 Å². The molecule has 0 bridgehead atoms. The quantitative estimate of drug-likeness (QED) is 0.388. The Morgan fingerprint density at radius 1 is 0.971 bits per heavy atom. The lowest BCUT2D eigenvalue weighted by Gasteiger charge is -2.32. The van der Waals surface area contributed by atoms with Crippen LogP contribution in [-0.2, 0) is 14.8 Å². The first-order chi connectivity index (χ1) is 16.2. The minimum Gasteiger partial charge on any atom is -0.497 e. The third kappa shape index (κ3) is 5.34. The maximum atomic E-state index is 13.3. The summed E-state index contributed by atoms with van der Waals surface area (Å²) in [6.07, 6.45) is 2.49. The maximum absolute atomic E-state index is 13.3. The van der Waals surface area contributed by atoms with E-state index in [1.165, 1.54) is 49.9 Å². The van der Waals surface area contributed by atoms with Gasteiger partial charge in [-0.05, 0) is 50.1 Å². The molecular weight excluding hydrogens is 462 g/mol. The van der Waals surface area contributed by atoms with Crippen molar-refractivity contribution in [1.82, 2.24) is 4.31 Å². The van der Waals surface area contributed by atoms with Crippen LogP contribution in [0.25, 0.3) is 0 Å². The Morgan fingerprint density at radius 2 is 1.71 bits per heavy atom. The largest absolute Gasteiger partial charge is 0.497 e. The number of Topliss-reactive ketones (excluding diaryl/α,β-unsaturated/α-hetero) is 1. The van der Waals surface area contributed by atoms with Gasteiger partial charge in [0, 0.05) is 18.7 Å². The van der Waals surface area contributed by atoms with Crippen LogP contribution in [0.15, 0.2) is 41.3 Å².